The highest BCUT2D eigenvalue weighted by atomic mass is 127. The van der Waals surface area contributed by atoms with Crippen LogP contribution in [0, 0.1) is 10.5 Å². The molecule has 0 spiro atoms. The molecule has 0 saturated carbocycles. The highest BCUT2D eigenvalue weighted by Gasteiger charge is 2.06. The van der Waals surface area contributed by atoms with E-state index < -0.39 is 0 Å². The van der Waals surface area contributed by atoms with Gasteiger partial charge in [0, 0.05) is 7.05 Å². The lowest BCUT2D eigenvalue weighted by Gasteiger charge is -2.07. The molecule has 0 saturated heterocycles. The molecule has 5 heteroatoms. The van der Waals surface area contributed by atoms with Gasteiger partial charge in [0.25, 0.3) is 0 Å². The molecule has 72 valence electrons. The first-order valence-corrected chi connectivity index (χ1v) is 6.36. The second-order valence-electron chi connectivity index (χ2n) is 2.57. The van der Waals surface area contributed by atoms with E-state index in [4.69, 9.17) is 0 Å². The molecule has 0 unspecified atom stereocenters. The summed E-state index contributed by atoms with van der Waals surface area (Å²) in [6.45, 7) is 2.01. The first-order chi connectivity index (χ1) is 6.19. The minimum Gasteiger partial charge on any atom is -0.372 e. The van der Waals surface area contributed by atoms with Crippen molar-refractivity contribution < 1.29 is 0 Å². The van der Waals surface area contributed by atoms with Crippen molar-refractivity contribution in [3.63, 3.8) is 0 Å². The summed E-state index contributed by atoms with van der Waals surface area (Å²) in [4.78, 5) is 8.78. The third-order valence-electron chi connectivity index (χ3n) is 1.57. The fourth-order valence-electron chi connectivity index (χ4n) is 0.976. The van der Waals surface area contributed by atoms with Crippen LogP contribution in [0.1, 0.15) is 11.5 Å². The van der Waals surface area contributed by atoms with Gasteiger partial charge in [-0.25, -0.2) is 9.97 Å². The van der Waals surface area contributed by atoms with Gasteiger partial charge in [0.2, 0.25) is 0 Å². The highest BCUT2D eigenvalue weighted by molar-refractivity contribution is 14.1. The predicted octanol–water partition coefficient (Wildman–Crippen LogP) is 2.29. The zero-order chi connectivity index (χ0) is 9.84. The molecule has 1 N–H and O–H groups in total. The lowest BCUT2D eigenvalue weighted by Crippen LogP contribution is -2.04. The van der Waals surface area contributed by atoms with Crippen LogP contribution in [0.3, 0.4) is 0 Å². The van der Waals surface area contributed by atoms with Gasteiger partial charge in [0.1, 0.15) is 11.6 Å². The van der Waals surface area contributed by atoms with Crippen LogP contribution in [0.4, 0.5) is 5.82 Å². The molecular weight excluding hydrogens is 297 g/mol. The number of rotatable bonds is 3. The number of hydrogen-bond donors (Lipinski definition) is 1. The van der Waals surface area contributed by atoms with Crippen LogP contribution in [-0.2, 0) is 5.75 Å². The number of nitrogens with zero attached hydrogens (tertiary/aromatic N) is 2. The van der Waals surface area contributed by atoms with Crippen LogP contribution in [0.2, 0.25) is 0 Å². The maximum atomic E-state index is 4.39. The Kier molecular flexibility index (Phi) is 4.24. The van der Waals surface area contributed by atoms with Gasteiger partial charge in [-0.3, -0.25) is 0 Å². The van der Waals surface area contributed by atoms with Gasteiger partial charge >= 0.3 is 0 Å². The average Bonchev–Trinajstić information content (AvgIpc) is 2.11. The summed E-state index contributed by atoms with van der Waals surface area (Å²) in [5.74, 6) is 2.69. The number of thioether (sulfide) groups is 1. The Bertz CT molecular complexity index is 304. The first kappa shape index (κ1) is 11.0. The van der Waals surface area contributed by atoms with Crippen LogP contribution in [0.25, 0.3) is 0 Å². The minimum absolute atomic E-state index is 0.868. The van der Waals surface area contributed by atoms with Gasteiger partial charge < -0.3 is 5.32 Å². The van der Waals surface area contributed by atoms with E-state index in [1.807, 2.05) is 14.0 Å². The molecule has 0 atom stereocenters. The SMILES string of the molecule is CNc1nc(CSC)nc(C)c1I. The van der Waals surface area contributed by atoms with Crippen LogP contribution < -0.4 is 5.32 Å². The van der Waals surface area contributed by atoms with Gasteiger partial charge in [0.05, 0.1) is 15.0 Å². The van der Waals surface area contributed by atoms with Crippen molar-refractivity contribution in [1.29, 1.82) is 0 Å². The molecule has 0 bridgehead atoms. The topological polar surface area (TPSA) is 37.8 Å². The van der Waals surface area contributed by atoms with Crippen LogP contribution in [0.15, 0.2) is 0 Å². The Morgan fingerprint density at radius 3 is 2.69 bits per heavy atom. The lowest BCUT2D eigenvalue weighted by molar-refractivity contribution is 0.985. The summed E-state index contributed by atoms with van der Waals surface area (Å²) < 4.78 is 1.10. The molecule has 1 aromatic heterocycles. The van der Waals surface area contributed by atoms with Crippen molar-refractivity contribution in [2.45, 2.75) is 12.7 Å². The van der Waals surface area contributed by atoms with Gasteiger partial charge in [-0.2, -0.15) is 11.8 Å². The Morgan fingerprint density at radius 2 is 2.15 bits per heavy atom. The Balaban J connectivity index is 3.06. The maximum Gasteiger partial charge on any atom is 0.143 e. The first-order valence-electron chi connectivity index (χ1n) is 3.88. The molecule has 13 heavy (non-hydrogen) atoms. The summed E-state index contributed by atoms with van der Waals surface area (Å²) in [6.07, 6.45) is 2.05. The molecule has 0 aromatic carbocycles. The number of halogens is 1. The second-order valence-corrected chi connectivity index (χ2v) is 4.52. The third-order valence-corrected chi connectivity index (χ3v) is 3.41. The van der Waals surface area contributed by atoms with Crippen molar-refractivity contribution in [1.82, 2.24) is 9.97 Å². The molecule has 3 nitrogen and oxygen atoms in total. The normalized spacial score (nSPS) is 10.2. The molecule has 1 aromatic rings. The number of aryl methyl sites for hydroxylation is 1. The quantitative estimate of drug-likeness (QED) is 0.870. The molecular formula is C8H12IN3S. The fourth-order valence-corrected chi connectivity index (χ4v) is 1.87. The van der Waals surface area contributed by atoms with E-state index in [-0.39, 0.29) is 0 Å². The Morgan fingerprint density at radius 1 is 1.46 bits per heavy atom. The second kappa shape index (κ2) is 4.99. The van der Waals surface area contributed by atoms with E-state index in [1.165, 1.54) is 0 Å². The molecule has 1 rings (SSSR count). The zero-order valence-corrected chi connectivity index (χ0v) is 10.9. The molecule has 0 aliphatic rings. The molecule has 1 heterocycles. The lowest BCUT2D eigenvalue weighted by atomic mass is 10.4. The van der Waals surface area contributed by atoms with Crippen molar-refractivity contribution in [2.24, 2.45) is 0 Å². The van der Waals surface area contributed by atoms with E-state index in [2.05, 4.69) is 44.1 Å². The van der Waals surface area contributed by atoms with Gasteiger partial charge in [0.15, 0.2) is 0 Å². The molecule has 0 aliphatic carbocycles. The van der Waals surface area contributed by atoms with Crippen LogP contribution in [0.5, 0.6) is 0 Å². The number of hydrogen-bond acceptors (Lipinski definition) is 4. The monoisotopic (exact) mass is 309 g/mol. The molecule has 0 aliphatic heterocycles. The van der Waals surface area contributed by atoms with E-state index in [9.17, 15) is 0 Å². The van der Waals surface area contributed by atoms with Gasteiger partial charge in [-0.15, -0.1) is 0 Å². The fraction of sp³-hybridized carbons (Fsp3) is 0.500. The van der Waals surface area contributed by atoms with Crippen LogP contribution in [-0.4, -0.2) is 23.3 Å². The van der Waals surface area contributed by atoms with Crippen molar-refractivity contribution in [3.8, 4) is 0 Å². The maximum absolute atomic E-state index is 4.39. The van der Waals surface area contributed by atoms with Gasteiger partial charge in [-0.05, 0) is 35.8 Å². The third kappa shape index (κ3) is 2.70. The average molecular weight is 309 g/mol. The van der Waals surface area contributed by atoms with E-state index in [0.717, 1.165) is 26.7 Å². The standard InChI is InChI=1S/C8H12IN3S/c1-5-7(9)8(10-2)12-6(11-5)4-13-3/h4H2,1-3H3,(H,10,11,12). The summed E-state index contributed by atoms with van der Waals surface area (Å²) in [5.41, 5.74) is 1.05. The van der Waals surface area contributed by atoms with Gasteiger partial charge in [-0.1, -0.05) is 0 Å². The predicted molar refractivity (Wildman–Crippen MR) is 66.3 cm³/mol. The number of nitrogens with one attached hydrogen (secondary N) is 1. The summed E-state index contributed by atoms with van der Waals surface area (Å²) >= 11 is 3.99. The van der Waals surface area contributed by atoms with Crippen molar-refractivity contribution in [2.75, 3.05) is 18.6 Å². The molecule has 0 amide bonds. The van der Waals surface area contributed by atoms with Crippen molar-refractivity contribution >= 4 is 40.2 Å². The summed E-state index contributed by atoms with van der Waals surface area (Å²) in [7, 11) is 1.88. The Hall–Kier alpha value is -0.0400. The van der Waals surface area contributed by atoms with E-state index >= 15 is 0 Å². The highest BCUT2D eigenvalue weighted by Crippen LogP contribution is 2.19. The molecule has 0 radical (unpaired) electrons. The number of anilines is 1. The van der Waals surface area contributed by atoms with E-state index in [0.29, 0.717) is 0 Å². The Labute approximate surface area is 96.3 Å². The van der Waals surface area contributed by atoms with Crippen molar-refractivity contribution in [3.05, 3.63) is 15.1 Å². The van der Waals surface area contributed by atoms with Crippen LogP contribution >= 0.6 is 34.4 Å². The summed E-state index contributed by atoms with van der Waals surface area (Å²) in [6, 6.07) is 0. The summed E-state index contributed by atoms with van der Waals surface area (Å²) in [5, 5.41) is 3.07. The van der Waals surface area contributed by atoms with E-state index in [1.54, 1.807) is 11.8 Å². The minimum atomic E-state index is 0.868. The largest absolute Gasteiger partial charge is 0.372 e. The molecule has 0 fully saturated rings. The zero-order valence-electron chi connectivity index (χ0n) is 7.89. The smallest absolute Gasteiger partial charge is 0.143 e. The number of aromatic nitrogens is 2.